The first-order chi connectivity index (χ1) is 6.83. The molecule has 3 heteroatoms. The van der Waals surface area contributed by atoms with Crippen LogP contribution in [0.15, 0.2) is 4.99 Å². The Balaban J connectivity index is 2.17. The van der Waals surface area contributed by atoms with Crippen LogP contribution in [0.25, 0.3) is 0 Å². The van der Waals surface area contributed by atoms with Crippen LogP contribution >= 0.6 is 0 Å². The van der Waals surface area contributed by atoms with Crippen LogP contribution in [-0.2, 0) is 0 Å². The van der Waals surface area contributed by atoms with Crippen LogP contribution in [0, 0.1) is 0 Å². The Kier molecular flexibility index (Phi) is 6.29. The molecule has 1 fully saturated rings. The fraction of sp³-hybridized carbons (Fsp3) is 0.909. The first-order valence-electron chi connectivity index (χ1n) is 5.81. The van der Waals surface area contributed by atoms with Crippen LogP contribution < -0.4 is 5.32 Å². The van der Waals surface area contributed by atoms with E-state index >= 15 is 0 Å². The van der Waals surface area contributed by atoms with Crippen molar-refractivity contribution in [2.75, 3.05) is 6.54 Å². The third-order valence-corrected chi connectivity index (χ3v) is 3.22. The summed E-state index contributed by atoms with van der Waals surface area (Å²) < 4.78 is 1.02. The molecule has 2 nitrogen and oxygen atoms in total. The first kappa shape index (κ1) is 12.1. The number of rotatable bonds is 4. The van der Waals surface area contributed by atoms with Crippen molar-refractivity contribution in [1.29, 1.82) is 0 Å². The first-order valence-corrected chi connectivity index (χ1v) is 6.66. The molecule has 0 saturated heterocycles. The molecular formula is C11H21N2Se. The van der Waals surface area contributed by atoms with E-state index < -0.39 is 0 Å². The van der Waals surface area contributed by atoms with Crippen LogP contribution in [0.3, 0.4) is 0 Å². The summed E-state index contributed by atoms with van der Waals surface area (Å²) in [5.74, 6) is 0. The van der Waals surface area contributed by atoms with Crippen molar-refractivity contribution in [1.82, 2.24) is 5.32 Å². The Morgan fingerprint density at radius 1 is 1.36 bits per heavy atom. The van der Waals surface area contributed by atoms with E-state index in [-0.39, 0.29) is 0 Å². The molecule has 1 aliphatic rings. The zero-order chi connectivity index (χ0) is 10.2. The molecule has 0 unspecified atom stereocenters. The normalized spacial score (nSPS) is 19.6. The zero-order valence-corrected chi connectivity index (χ0v) is 10.8. The summed E-state index contributed by atoms with van der Waals surface area (Å²) >= 11 is 3.02. The second-order valence-electron chi connectivity index (χ2n) is 4.02. The zero-order valence-electron chi connectivity index (χ0n) is 9.09. The van der Waals surface area contributed by atoms with Crippen LogP contribution in [0.2, 0.25) is 0 Å². The molecule has 0 amide bonds. The predicted molar refractivity (Wildman–Crippen MR) is 63.0 cm³/mol. The molecule has 14 heavy (non-hydrogen) atoms. The van der Waals surface area contributed by atoms with E-state index in [9.17, 15) is 0 Å². The summed E-state index contributed by atoms with van der Waals surface area (Å²) in [5.41, 5.74) is 0. The molecule has 1 rings (SSSR count). The van der Waals surface area contributed by atoms with E-state index in [1.165, 1.54) is 44.9 Å². The fourth-order valence-electron chi connectivity index (χ4n) is 1.81. The third kappa shape index (κ3) is 5.02. The summed E-state index contributed by atoms with van der Waals surface area (Å²) in [7, 11) is 0. The molecule has 0 aromatic rings. The number of hydrogen-bond donors (Lipinski definition) is 1. The standard InChI is InChI=1S/C11H21N2Se/c1-2-3-9-12-11(14)13-10-7-5-4-6-8-10/h10H,2-9H2,1H3,(H,12,13). The second kappa shape index (κ2) is 7.30. The summed E-state index contributed by atoms with van der Waals surface area (Å²) in [6.07, 6.45) is 9.20. The van der Waals surface area contributed by atoms with Crippen molar-refractivity contribution in [2.45, 2.75) is 57.9 Å². The maximum atomic E-state index is 4.46. The maximum absolute atomic E-state index is 4.46. The SMILES string of the molecule is CCCCN=C([Se])NC1CCCCC1. The summed E-state index contributed by atoms with van der Waals surface area (Å²) in [4.78, 5) is 4.46. The van der Waals surface area contributed by atoms with Gasteiger partial charge in [0.1, 0.15) is 0 Å². The Labute approximate surface area is 95.8 Å². The van der Waals surface area contributed by atoms with Gasteiger partial charge in [0, 0.05) is 0 Å². The fourth-order valence-corrected chi connectivity index (χ4v) is 2.35. The van der Waals surface area contributed by atoms with Gasteiger partial charge in [-0.1, -0.05) is 0 Å². The predicted octanol–water partition coefficient (Wildman–Crippen LogP) is 2.23. The molecule has 1 radical (unpaired) electrons. The number of aliphatic imine (C=N–C) groups is 1. The number of hydrogen-bond acceptors (Lipinski definition) is 1. The average Bonchev–Trinajstić information content (AvgIpc) is 2.20. The van der Waals surface area contributed by atoms with Gasteiger partial charge in [-0.05, 0) is 0 Å². The Morgan fingerprint density at radius 2 is 2.07 bits per heavy atom. The van der Waals surface area contributed by atoms with Crippen molar-refractivity contribution in [3.63, 3.8) is 0 Å². The van der Waals surface area contributed by atoms with Crippen LogP contribution in [0.5, 0.6) is 0 Å². The quantitative estimate of drug-likeness (QED) is 0.356. The molecule has 0 aliphatic heterocycles. The molecule has 81 valence electrons. The second-order valence-corrected chi connectivity index (χ2v) is 4.83. The number of amidine groups is 1. The van der Waals surface area contributed by atoms with E-state index in [2.05, 4.69) is 33.2 Å². The van der Waals surface area contributed by atoms with Gasteiger partial charge < -0.3 is 0 Å². The van der Waals surface area contributed by atoms with E-state index in [4.69, 9.17) is 0 Å². The van der Waals surface area contributed by atoms with Gasteiger partial charge in [-0.2, -0.15) is 0 Å². The Bertz CT molecular complexity index is 174. The summed E-state index contributed by atoms with van der Waals surface area (Å²) in [6, 6.07) is 0.672. The van der Waals surface area contributed by atoms with Crippen LogP contribution in [-0.4, -0.2) is 33.3 Å². The van der Waals surface area contributed by atoms with E-state index in [0.717, 1.165) is 11.3 Å². The third-order valence-electron chi connectivity index (χ3n) is 2.70. The molecule has 1 N–H and O–H groups in total. The molecule has 1 saturated carbocycles. The van der Waals surface area contributed by atoms with Gasteiger partial charge >= 0.3 is 95.5 Å². The van der Waals surface area contributed by atoms with Gasteiger partial charge in [-0.25, -0.2) is 0 Å². The summed E-state index contributed by atoms with van der Waals surface area (Å²) in [6.45, 7) is 3.15. The molecule has 0 spiro atoms. The van der Waals surface area contributed by atoms with Gasteiger partial charge in [0.15, 0.2) is 0 Å². The van der Waals surface area contributed by atoms with Gasteiger partial charge in [-0.3, -0.25) is 0 Å². The van der Waals surface area contributed by atoms with Crippen molar-refractivity contribution in [3.05, 3.63) is 0 Å². The number of nitrogens with one attached hydrogen (secondary N) is 1. The van der Waals surface area contributed by atoms with Crippen molar-refractivity contribution in [3.8, 4) is 0 Å². The van der Waals surface area contributed by atoms with Crippen LogP contribution in [0.1, 0.15) is 51.9 Å². The molecule has 1 aliphatic carbocycles. The minimum atomic E-state index is 0.672. The summed E-state index contributed by atoms with van der Waals surface area (Å²) in [5, 5.41) is 3.47. The molecule has 0 aromatic carbocycles. The molecule has 0 heterocycles. The average molecular weight is 260 g/mol. The van der Waals surface area contributed by atoms with Crippen LogP contribution in [0.4, 0.5) is 0 Å². The van der Waals surface area contributed by atoms with Gasteiger partial charge in [0.25, 0.3) is 0 Å². The molecular weight excluding hydrogens is 239 g/mol. The molecule has 0 aromatic heterocycles. The van der Waals surface area contributed by atoms with E-state index in [1.54, 1.807) is 0 Å². The van der Waals surface area contributed by atoms with E-state index in [0.29, 0.717) is 6.04 Å². The minimum absolute atomic E-state index is 0.672. The Hall–Kier alpha value is -0.0105. The topological polar surface area (TPSA) is 24.4 Å². The Morgan fingerprint density at radius 3 is 2.71 bits per heavy atom. The monoisotopic (exact) mass is 261 g/mol. The van der Waals surface area contributed by atoms with Gasteiger partial charge in [0.05, 0.1) is 0 Å². The number of unbranched alkanes of at least 4 members (excludes halogenated alkanes) is 1. The van der Waals surface area contributed by atoms with Crippen molar-refractivity contribution < 1.29 is 0 Å². The van der Waals surface area contributed by atoms with Crippen molar-refractivity contribution >= 4 is 20.7 Å². The van der Waals surface area contributed by atoms with E-state index in [1.807, 2.05) is 0 Å². The van der Waals surface area contributed by atoms with Gasteiger partial charge in [-0.15, -0.1) is 0 Å². The molecule has 0 atom stereocenters. The van der Waals surface area contributed by atoms with Crippen molar-refractivity contribution in [2.24, 2.45) is 4.99 Å². The van der Waals surface area contributed by atoms with Gasteiger partial charge in [0.2, 0.25) is 0 Å². The molecule has 0 bridgehead atoms. The number of nitrogens with zero attached hydrogens (tertiary/aromatic N) is 1.